The second-order valence-corrected chi connectivity index (χ2v) is 5.69. The zero-order valence-electron chi connectivity index (χ0n) is 12.8. The van der Waals surface area contributed by atoms with E-state index in [0.717, 1.165) is 6.42 Å². The van der Waals surface area contributed by atoms with Crippen LogP contribution < -0.4 is 50.0 Å². The van der Waals surface area contributed by atoms with Crippen molar-refractivity contribution in [3.8, 4) is 5.75 Å². The topological polar surface area (TPSA) is 108 Å². The number of carbonyl (C=O) groups is 3. The Morgan fingerprint density at radius 2 is 2.09 bits per heavy atom. The fraction of sp³-hybridized carbons (Fsp3) is 0.400. The van der Waals surface area contributed by atoms with Crippen LogP contribution in [0.4, 0.5) is 11.4 Å². The monoisotopic (exact) mass is 326 g/mol. The molecule has 1 aromatic rings. The van der Waals surface area contributed by atoms with Gasteiger partial charge in [0.25, 0.3) is 5.91 Å². The third-order valence-electron chi connectivity index (χ3n) is 4.14. The van der Waals surface area contributed by atoms with Crippen molar-refractivity contribution in [1.82, 2.24) is 0 Å². The predicted molar refractivity (Wildman–Crippen MR) is 75.1 cm³/mol. The van der Waals surface area contributed by atoms with Crippen LogP contribution in [-0.2, 0) is 14.4 Å². The third kappa shape index (κ3) is 3.68. The van der Waals surface area contributed by atoms with Crippen LogP contribution in [0.25, 0.3) is 0 Å². The van der Waals surface area contributed by atoms with E-state index in [-0.39, 0.29) is 54.4 Å². The number of carboxylic acids is 1. The molecular formula is C15H15N2NaO5. The average molecular weight is 326 g/mol. The number of fused-ring (bicyclic) bond motifs is 1. The number of anilines is 2. The fourth-order valence-electron chi connectivity index (χ4n) is 2.72. The minimum absolute atomic E-state index is 0. The Kier molecular flexibility index (Phi) is 5.33. The number of hydrogen-bond donors (Lipinski definition) is 2. The molecule has 116 valence electrons. The summed E-state index contributed by atoms with van der Waals surface area (Å²) in [5, 5.41) is 16.5. The number of aliphatic carboxylic acids is 1. The molecule has 1 heterocycles. The van der Waals surface area contributed by atoms with Crippen LogP contribution in [0.5, 0.6) is 5.75 Å². The summed E-state index contributed by atoms with van der Waals surface area (Å²) in [6.45, 7) is -0.0712. The first-order valence-corrected chi connectivity index (χ1v) is 7.07. The van der Waals surface area contributed by atoms with Gasteiger partial charge in [0.2, 0.25) is 5.91 Å². The second-order valence-electron chi connectivity index (χ2n) is 5.69. The Labute approximate surface area is 155 Å². The van der Waals surface area contributed by atoms with Crippen molar-refractivity contribution in [1.29, 1.82) is 0 Å². The van der Waals surface area contributed by atoms with E-state index in [1.165, 1.54) is 0 Å². The minimum Gasteiger partial charge on any atom is -0.550 e. The van der Waals surface area contributed by atoms with E-state index in [0.29, 0.717) is 30.0 Å². The van der Waals surface area contributed by atoms with Gasteiger partial charge in [-0.2, -0.15) is 0 Å². The van der Waals surface area contributed by atoms with Crippen molar-refractivity contribution in [3.05, 3.63) is 18.2 Å². The van der Waals surface area contributed by atoms with Crippen LogP contribution in [-0.4, -0.2) is 24.4 Å². The van der Waals surface area contributed by atoms with Crippen molar-refractivity contribution in [2.24, 2.45) is 5.41 Å². The first-order valence-electron chi connectivity index (χ1n) is 7.07. The summed E-state index contributed by atoms with van der Waals surface area (Å²) in [5.41, 5.74) is 0.00938. The van der Waals surface area contributed by atoms with Gasteiger partial charge in [-0.15, -0.1) is 0 Å². The van der Waals surface area contributed by atoms with Gasteiger partial charge in [-0.1, -0.05) is 6.42 Å². The smallest absolute Gasteiger partial charge is 0.550 e. The standard InChI is InChI=1S/C15H16N2O5.Na/c18-12(7-15(14(20)21)4-1-5-15)16-9-2-3-10-11(6-9)22-8-13(19)17-10;/h2-3,6H,1,4-5,7-8H2,(H,16,18)(H,17,19)(H,20,21);/q;+1/p-1. The summed E-state index contributed by atoms with van der Waals surface area (Å²) < 4.78 is 5.26. The molecule has 0 spiro atoms. The molecule has 2 amide bonds. The van der Waals surface area contributed by atoms with Gasteiger partial charge in [0.1, 0.15) is 5.75 Å². The van der Waals surface area contributed by atoms with Gasteiger partial charge in [0.05, 0.1) is 5.69 Å². The van der Waals surface area contributed by atoms with Crippen molar-refractivity contribution in [3.63, 3.8) is 0 Å². The molecular weight excluding hydrogens is 311 g/mol. The maximum atomic E-state index is 12.0. The Morgan fingerprint density at radius 3 is 2.70 bits per heavy atom. The Bertz CT molecular complexity index is 657. The normalized spacial score (nSPS) is 17.5. The predicted octanol–water partition coefficient (Wildman–Crippen LogP) is -2.73. The SMILES string of the molecule is O=C(CC1(C(=O)[O-])CCC1)Nc1ccc2c(c1)OCC(=O)N2.[Na+]. The summed E-state index contributed by atoms with van der Waals surface area (Å²) in [6.07, 6.45) is 1.65. The van der Waals surface area contributed by atoms with Gasteiger partial charge < -0.3 is 25.3 Å². The van der Waals surface area contributed by atoms with E-state index < -0.39 is 11.4 Å². The Balaban J connectivity index is 0.00000192. The molecule has 1 aromatic carbocycles. The molecule has 0 radical (unpaired) electrons. The van der Waals surface area contributed by atoms with Crippen LogP contribution in [0.15, 0.2) is 18.2 Å². The molecule has 1 aliphatic heterocycles. The van der Waals surface area contributed by atoms with Gasteiger partial charge in [-0.05, 0) is 25.0 Å². The van der Waals surface area contributed by atoms with Gasteiger partial charge in [0.15, 0.2) is 6.61 Å². The van der Waals surface area contributed by atoms with Crippen molar-refractivity contribution >= 4 is 29.2 Å². The fourth-order valence-corrected chi connectivity index (χ4v) is 2.72. The van der Waals surface area contributed by atoms with Crippen LogP contribution in [0.1, 0.15) is 25.7 Å². The first kappa shape index (κ1) is 17.8. The van der Waals surface area contributed by atoms with E-state index >= 15 is 0 Å². The number of rotatable bonds is 4. The molecule has 2 N–H and O–H groups in total. The Morgan fingerprint density at radius 1 is 1.35 bits per heavy atom. The van der Waals surface area contributed by atoms with Crippen molar-refractivity contribution < 1.29 is 53.8 Å². The number of carboxylic acid groups (broad SMARTS) is 1. The largest absolute Gasteiger partial charge is 1.00 e. The maximum Gasteiger partial charge on any atom is 1.00 e. The second kappa shape index (κ2) is 6.90. The van der Waals surface area contributed by atoms with E-state index in [2.05, 4.69) is 10.6 Å². The van der Waals surface area contributed by atoms with Crippen molar-refractivity contribution in [2.75, 3.05) is 17.2 Å². The molecule has 2 aliphatic rings. The summed E-state index contributed by atoms with van der Waals surface area (Å²) in [4.78, 5) is 34.4. The summed E-state index contributed by atoms with van der Waals surface area (Å²) in [5.74, 6) is -1.30. The molecule has 0 bridgehead atoms. The van der Waals surface area contributed by atoms with Gasteiger partial charge in [-0.25, -0.2) is 0 Å². The van der Waals surface area contributed by atoms with Gasteiger partial charge >= 0.3 is 29.6 Å². The molecule has 23 heavy (non-hydrogen) atoms. The van der Waals surface area contributed by atoms with Gasteiger partial charge in [-0.3, -0.25) is 9.59 Å². The number of ether oxygens (including phenoxy) is 1. The average Bonchev–Trinajstić information content (AvgIpc) is 2.42. The molecule has 7 nitrogen and oxygen atoms in total. The summed E-state index contributed by atoms with van der Waals surface area (Å²) in [7, 11) is 0. The number of amides is 2. The van der Waals surface area contributed by atoms with E-state index in [1.54, 1.807) is 18.2 Å². The van der Waals surface area contributed by atoms with E-state index in [4.69, 9.17) is 4.74 Å². The molecule has 0 saturated heterocycles. The molecule has 3 rings (SSSR count). The van der Waals surface area contributed by atoms with Crippen LogP contribution >= 0.6 is 0 Å². The zero-order valence-corrected chi connectivity index (χ0v) is 14.8. The number of carbonyl (C=O) groups excluding carboxylic acids is 3. The van der Waals surface area contributed by atoms with E-state index in [9.17, 15) is 19.5 Å². The molecule has 0 aromatic heterocycles. The number of hydrogen-bond acceptors (Lipinski definition) is 5. The number of benzene rings is 1. The molecule has 1 aliphatic carbocycles. The molecule has 0 unspecified atom stereocenters. The third-order valence-corrected chi connectivity index (χ3v) is 4.14. The Hall–Kier alpha value is -1.57. The van der Waals surface area contributed by atoms with Crippen LogP contribution in [0.2, 0.25) is 0 Å². The summed E-state index contributed by atoms with van der Waals surface area (Å²) >= 11 is 0. The zero-order chi connectivity index (χ0) is 15.7. The minimum atomic E-state index is -1.16. The van der Waals surface area contributed by atoms with Gasteiger partial charge in [0, 0.05) is 29.6 Å². The molecule has 1 saturated carbocycles. The first-order chi connectivity index (χ1) is 10.5. The summed E-state index contributed by atoms with van der Waals surface area (Å²) in [6, 6.07) is 4.84. The van der Waals surface area contributed by atoms with Crippen LogP contribution in [0.3, 0.4) is 0 Å². The van der Waals surface area contributed by atoms with Crippen molar-refractivity contribution in [2.45, 2.75) is 25.7 Å². The van der Waals surface area contributed by atoms with Crippen LogP contribution in [0, 0.1) is 5.41 Å². The number of nitrogens with one attached hydrogen (secondary N) is 2. The maximum absolute atomic E-state index is 12.0. The molecule has 8 heteroatoms. The molecule has 0 atom stereocenters. The van der Waals surface area contributed by atoms with E-state index in [1.807, 2.05) is 0 Å². The molecule has 1 fully saturated rings. The quantitative estimate of drug-likeness (QED) is 0.584.